The third-order valence-corrected chi connectivity index (χ3v) is 7.11. The third-order valence-electron chi connectivity index (χ3n) is 5.28. The van der Waals surface area contributed by atoms with Crippen LogP contribution in [0.3, 0.4) is 0 Å². The molecule has 0 atom stereocenters. The predicted octanol–water partition coefficient (Wildman–Crippen LogP) is 4.71. The number of nitrogens with zero attached hydrogens (tertiary/aromatic N) is 3. The number of rotatable bonds is 7. The molecule has 4 rings (SSSR count). The lowest BCUT2D eigenvalue weighted by molar-refractivity contribution is 0.123. The standard InChI is InChI=1S/C23H27ClN5O3P/c1-31-16-8-9-20(29-10-12-32-13-11-29)19(14-16)27-23-25-15-17(24)22(28-23)26-18-6-4-5-7-21(18)33(2,3)30/h4-9,14-15H,10-13H2,1-3H3,(H2,25,26,27,28). The van der Waals surface area contributed by atoms with Crippen molar-refractivity contribution in [2.75, 3.05) is 62.3 Å². The van der Waals surface area contributed by atoms with Gasteiger partial charge in [0.1, 0.15) is 17.9 Å². The van der Waals surface area contributed by atoms with Crippen molar-refractivity contribution in [3.8, 4) is 5.75 Å². The van der Waals surface area contributed by atoms with Crippen LogP contribution in [0.4, 0.5) is 28.8 Å². The van der Waals surface area contributed by atoms with E-state index in [0.29, 0.717) is 35.7 Å². The summed E-state index contributed by atoms with van der Waals surface area (Å²) in [6.45, 7) is 6.40. The highest BCUT2D eigenvalue weighted by atomic mass is 35.5. The van der Waals surface area contributed by atoms with Gasteiger partial charge in [0.15, 0.2) is 5.82 Å². The zero-order valence-electron chi connectivity index (χ0n) is 18.8. The molecule has 1 fully saturated rings. The molecule has 1 aliphatic rings. The minimum absolute atomic E-state index is 0.358. The van der Waals surface area contributed by atoms with Gasteiger partial charge in [-0.15, -0.1) is 0 Å². The van der Waals surface area contributed by atoms with Gasteiger partial charge in [-0.3, -0.25) is 0 Å². The highest BCUT2D eigenvalue weighted by Gasteiger charge is 2.19. The van der Waals surface area contributed by atoms with Crippen LogP contribution in [-0.2, 0) is 9.30 Å². The summed E-state index contributed by atoms with van der Waals surface area (Å²) in [5, 5.41) is 7.62. The van der Waals surface area contributed by atoms with Crippen molar-refractivity contribution in [3.63, 3.8) is 0 Å². The first-order valence-electron chi connectivity index (χ1n) is 10.6. The van der Waals surface area contributed by atoms with E-state index in [9.17, 15) is 4.57 Å². The van der Waals surface area contributed by atoms with Gasteiger partial charge >= 0.3 is 0 Å². The number of ether oxygens (including phenoxy) is 2. The second-order valence-electron chi connectivity index (χ2n) is 7.99. The lowest BCUT2D eigenvalue weighted by atomic mass is 10.2. The molecule has 2 N–H and O–H groups in total. The molecule has 0 spiro atoms. The normalized spacial score (nSPS) is 14.1. The van der Waals surface area contributed by atoms with E-state index >= 15 is 0 Å². The Hall–Kier alpha value is -2.80. The number of anilines is 5. The van der Waals surface area contributed by atoms with Crippen molar-refractivity contribution in [2.45, 2.75) is 0 Å². The van der Waals surface area contributed by atoms with E-state index in [4.69, 9.17) is 21.1 Å². The quantitative estimate of drug-likeness (QED) is 0.463. The average Bonchev–Trinajstić information content (AvgIpc) is 2.81. The maximum absolute atomic E-state index is 12.7. The summed E-state index contributed by atoms with van der Waals surface area (Å²) in [5.41, 5.74) is 2.53. The number of morpholine rings is 1. The summed E-state index contributed by atoms with van der Waals surface area (Å²) in [6, 6.07) is 13.3. The number of para-hydroxylation sites is 1. The monoisotopic (exact) mass is 487 g/mol. The van der Waals surface area contributed by atoms with E-state index in [0.717, 1.165) is 35.5 Å². The Morgan fingerprint density at radius 2 is 1.85 bits per heavy atom. The number of halogens is 1. The summed E-state index contributed by atoms with van der Waals surface area (Å²) < 4.78 is 23.6. The molecule has 10 heteroatoms. The van der Waals surface area contributed by atoms with E-state index in [1.807, 2.05) is 42.5 Å². The van der Waals surface area contributed by atoms with E-state index < -0.39 is 7.14 Å². The van der Waals surface area contributed by atoms with E-state index in [2.05, 4.69) is 25.5 Å². The van der Waals surface area contributed by atoms with E-state index in [-0.39, 0.29) is 0 Å². The van der Waals surface area contributed by atoms with Crippen LogP contribution >= 0.6 is 18.7 Å². The Kier molecular flexibility index (Phi) is 7.08. The van der Waals surface area contributed by atoms with Gasteiger partial charge in [0, 0.05) is 24.5 Å². The van der Waals surface area contributed by atoms with Gasteiger partial charge in [-0.05, 0) is 37.6 Å². The molecule has 0 aliphatic carbocycles. The molecular weight excluding hydrogens is 461 g/mol. The summed E-state index contributed by atoms with van der Waals surface area (Å²) in [7, 11) is -0.869. The molecule has 1 aromatic heterocycles. The number of benzene rings is 2. The molecule has 8 nitrogen and oxygen atoms in total. The predicted molar refractivity (Wildman–Crippen MR) is 135 cm³/mol. The van der Waals surface area contributed by atoms with Gasteiger partial charge in [0.2, 0.25) is 5.95 Å². The van der Waals surface area contributed by atoms with Crippen LogP contribution in [-0.4, -0.2) is 56.7 Å². The fraction of sp³-hybridized carbons (Fsp3) is 0.304. The SMILES string of the molecule is COc1ccc(N2CCOCC2)c(Nc2ncc(Cl)c(Nc3ccccc3P(C)(C)=O)n2)c1. The number of nitrogens with one attached hydrogen (secondary N) is 2. The molecule has 33 heavy (non-hydrogen) atoms. The topological polar surface area (TPSA) is 88.6 Å². The summed E-state index contributed by atoms with van der Waals surface area (Å²) in [4.78, 5) is 11.2. The van der Waals surface area contributed by atoms with Gasteiger partial charge in [0.25, 0.3) is 0 Å². The largest absolute Gasteiger partial charge is 0.497 e. The van der Waals surface area contributed by atoms with Crippen LogP contribution < -0.4 is 25.6 Å². The Balaban J connectivity index is 1.65. The number of hydrogen-bond acceptors (Lipinski definition) is 8. The highest BCUT2D eigenvalue weighted by Crippen LogP contribution is 2.39. The first-order valence-corrected chi connectivity index (χ1v) is 13.5. The third kappa shape index (κ3) is 5.58. The fourth-order valence-electron chi connectivity index (χ4n) is 3.63. The molecule has 0 unspecified atom stereocenters. The molecule has 0 amide bonds. The molecular formula is C23H27ClN5O3P. The minimum atomic E-state index is -2.50. The maximum atomic E-state index is 12.7. The number of methoxy groups -OCH3 is 1. The van der Waals surface area contributed by atoms with Crippen LogP contribution in [0.15, 0.2) is 48.7 Å². The Labute approximate surface area is 198 Å². The summed E-state index contributed by atoms with van der Waals surface area (Å²) in [5.74, 6) is 1.52. The van der Waals surface area contributed by atoms with E-state index in [1.54, 1.807) is 20.4 Å². The zero-order valence-corrected chi connectivity index (χ0v) is 20.5. The smallest absolute Gasteiger partial charge is 0.229 e. The second kappa shape index (κ2) is 10.00. The van der Waals surface area contributed by atoms with Crippen molar-refractivity contribution in [1.29, 1.82) is 0 Å². The second-order valence-corrected chi connectivity index (χ2v) is 11.6. The number of aromatic nitrogens is 2. The minimum Gasteiger partial charge on any atom is -0.497 e. The fourth-order valence-corrected chi connectivity index (χ4v) is 4.93. The first kappa shape index (κ1) is 23.4. The van der Waals surface area contributed by atoms with Crippen molar-refractivity contribution < 1.29 is 14.0 Å². The van der Waals surface area contributed by atoms with Crippen molar-refractivity contribution in [3.05, 3.63) is 53.7 Å². The van der Waals surface area contributed by atoms with E-state index in [1.165, 1.54) is 6.20 Å². The first-order chi connectivity index (χ1) is 15.8. The van der Waals surface area contributed by atoms with Crippen LogP contribution in [0, 0.1) is 0 Å². The van der Waals surface area contributed by atoms with Crippen LogP contribution in [0.2, 0.25) is 5.02 Å². The van der Waals surface area contributed by atoms with Crippen LogP contribution in [0.5, 0.6) is 5.75 Å². The zero-order chi connectivity index (χ0) is 23.4. The van der Waals surface area contributed by atoms with Gasteiger partial charge in [0.05, 0.1) is 43.6 Å². The average molecular weight is 488 g/mol. The molecule has 0 bridgehead atoms. The maximum Gasteiger partial charge on any atom is 0.229 e. The molecule has 174 valence electrons. The lowest BCUT2D eigenvalue weighted by Crippen LogP contribution is -2.36. The molecule has 0 radical (unpaired) electrons. The van der Waals surface area contributed by atoms with Gasteiger partial charge in [-0.1, -0.05) is 23.7 Å². The Morgan fingerprint density at radius 3 is 2.58 bits per heavy atom. The Bertz CT molecular complexity index is 1180. The van der Waals surface area contributed by atoms with Crippen molar-refractivity contribution >= 4 is 52.9 Å². The van der Waals surface area contributed by atoms with Gasteiger partial charge in [-0.2, -0.15) is 4.98 Å². The van der Waals surface area contributed by atoms with Crippen LogP contribution in [0.25, 0.3) is 0 Å². The molecule has 1 aliphatic heterocycles. The van der Waals surface area contributed by atoms with Crippen molar-refractivity contribution in [2.24, 2.45) is 0 Å². The summed E-state index contributed by atoms with van der Waals surface area (Å²) >= 11 is 6.39. The molecule has 2 heterocycles. The number of hydrogen-bond donors (Lipinski definition) is 2. The molecule has 0 saturated carbocycles. The van der Waals surface area contributed by atoms with Crippen LogP contribution in [0.1, 0.15) is 0 Å². The Morgan fingerprint density at radius 1 is 1.09 bits per heavy atom. The molecule has 3 aromatic rings. The highest BCUT2D eigenvalue weighted by molar-refractivity contribution is 7.70. The van der Waals surface area contributed by atoms with Gasteiger partial charge < -0.3 is 29.6 Å². The van der Waals surface area contributed by atoms with Gasteiger partial charge in [-0.25, -0.2) is 4.98 Å². The molecule has 1 saturated heterocycles. The molecule has 2 aromatic carbocycles. The van der Waals surface area contributed by atoms with Crippen molar-refractivity contribution in [1.82, 2.24) is 9.97 Å². The summed E-state index contributed by atoms with van der Waals surface area (Å²) in [6.07, 6.45) is 1.54. The lowest BCUT2D eigenvalue weighted by Gasteiger charge is -2.30.